The van der Waals surface area contributed by atoms with Crippen molar-refractivity contribution in [1.29, 1.82) is 0 Å². The first-order chi connectivity index (χ1) is 13.6. The van der Waals surface area contributed by atoms with E-state index in [1.807, 2.05) is 0 Å². The number of carbonyl (C=O) groups is 2. The molecule has 0 aliphatic carbocycles. The Morgan fingerprint density at radius 1 is 0.828 bits per heavy atom. The van der Waals surface area contributed by atoms with E-state index in [-0.39, 0.29) is 0 Å². The lowest BCUT2D eigenvalue weighted by molar-refractivity contribution is -0.138. The minimum Gasteiger partial charge on any atom is -0.475 e. The molecule has 166 valence electrons. The average molecular weight is 411 g/mol. The van der Waals surface area contributed by atoms with E-state index < -0.39 is 29.7 Å². The van der Waals surface area contributed by atoms with Gasteiger partial charge in [-0.2, -0.15) is 0 Å². The van der Waals surface area contributed by atoms with Crippen LogP contribution in [-0.4, -0.2) is 28.4 Å². The number of hydrogen-bond donors (Lipinski definition) is 2. The molecule has 6 heteroatoms. The van der Waals surface area contributed by atoms with Crippen molar-refractivity contribution in [2.45, 2.75) is 91.8 Å². The van der Waals surface area contributed by atoms with Crippen LogP contribution in [0.4, 0.5) is 0 Å². The number of ether oxygens (including phenoxy) is 2. The summed E-state index contributed by atoms with van der Waals surface area (Å²) < 4.78 is 10.3. The molecule has 1 rings (SSSR count). The third-order valence-electron chi connectivity index (χ3n) is 5.44. The van der Waals surface area contributed by atoms with Crippen LogP contribution in [0.25, 0.3) is 0 Å². The molecule has 1 aliphatic heterocycles. The van der Waals surface area contributed by atoms with E-state index in [1.54, 1.807) is 0 Å². The highest BCUT2D eigenvalue weighted by Crippen LogP contribution is 2.29. The van der Waals surface area contributed by atoms with Crippen LogP contribution in [0.3, 0.4) is 0 Å². The van der Waals surface area contributed by atoms with Gasteiger partial charge in [0.25, 0.3) is 17.8 Å². The summed E-state index contributed by atoms with van der Waals surface area (Å²) in [4.78, 5) is 22.1. The second kappa shape index (κ2) is 12.6. The summed E-state index contributed by atoms with van der Waals surface area (Å²) in [6.45, 7) is 13.0. The second-order valence-corrected chi connectivity index (χ2v) is 8.85. The average Bonchev–Trinajstić information content (AvgIpc) is 3.07. The minimum absolute atomic E-state index is 0.561. The number of rotatable bonds is 15. The van der Waals surface area contributed by atoms with Gasteiger partial charge in [-0.05, 0) is 30.6 Å². The Bertz CT molecular complexity index is 566. The van der Waals surface area contributed by atoms with Crippen molar-refractivity contribution in [3.05, 3.63) is 23.7 Å². The van der Waals surface area contributed by atoms with Crippen LogP contribution in [0.15, 0.2) is 23.7 Å². The first-order valence-electron chi connectivity index (χ1n) is 10.8. The van der Waals surface area contributed by atoms with Gasteiger partial charge in [-0.3, -0.25) is 0 Å². The summed E-state index contributed by atoms with van der Waals surface area (Å²) in [5.41, 5.74) is 0.561. The summed E-state index contributed by atoms with van der Waals surface area (Å²) in [6, 6.07) is 0. The number of carboxylic acids is 2. The molecule has 1 aliphatic rings. The SMILES string of the molecule is C=C(CCCC(C)CCCC(C)CCCC(C)C)C1OC(C(=O)O)=C(C(=O)O)O1. The maximum Gasteiger partial charge on any atom is 0.375 e. The Kier molecular flexibility index (Phi) is 10.8. The molecule has 0 aromatic heterocycles. The van der Waals surface area contributed by atoms with Crippen LogP contribution in [0.5, 0.6) is 0 Å². The molecule has 2 atom stereocenters. The van der Waals surface area contributed by atoms with Gasteiger partial charge >= 0.3 is 11.9 Å². The van der Waals surface area contributed by atoms with Gasteiger partial charge in [0.15, 0.2) is 0 Å². The van der Waals surface area contributed by atoms with Gasteiger partial charge in [-0.15, -0.1) is 0 Å². The fraction of sp³-hybridized carbons (Fsp3) is 0.739. The summed E-state index contributed by atoms with van der Waals surface area (Å²) >= 11 is 0. The molecule has 2 unspecified atom stereocenters. The highest BCUT2D eigenvalue weighted by atomic mass is 16.7. The predicted molar refractivity (Wildman–Crippen MR) is 112 cm³/mol. The maximum absolute atomic E-state index is 11.1. The topological polar surface area (TPSA) is 93.1 Å². The van der Waals surface area contributed by atoms with Crippen molar-refractivity contribution in [2.75, 3.05) is 0 Å². The standard InChI is InChI=1S/C23H38O6/c1-15(2)9-6-10-16(3)11-7-12-17(4)13-8-14-18(5)23-28-19(21(24)25)20(29-23)22(26)27/h15-17,23H,5-14H2,1-4H3,(H,24,25)(H,26,27). The number of carboxylic acid groups (broad SMARTS) is 2. The Labute approximate surface area is 175 Å². The molecule has 6 nitrogen and oxygen atoms in total. The molecule has 0 spiro atoms. The van der Waals surface area contributed by atoms with Crippen LogP contribution in [-0.2, 0) is 19.1 Å². The van der Waals surface area contributed by atoms with E-state index in [1.165, 1.54) is 38.5 Å². The Balaban J connectivity index is 2.21. The van der Waals surface area contributed by atoms with Crippen molar-refractivity contribution in [1.82, 2.24) is 0 Å². The molecular weight excluding hydrogens is 372 g/mol. The zero-order valence-electron chi connectivity index (χ0n) is 18.4. The monoisotopic (exact) mass is 410 g/mol. The van der Waals surface area contributed by atoms with E-state index in [9.17, 15) is 9.59 Å². The lowest BCUT2D eigenvalue weighted by atomic mass is 9.91. The number of aliphatic carboxylic acids is 2. The normalized spacial score (nSPS) is 16.4. The molecule has 0 aromatic carbocycles. The highest BCUT2D eigenvalue weighted by Gasteiger charge is 2.37. The van der Waals surface area contributed by atoms with E-state index in [0.29, 0.717) is 17.9 Å². The van der Waals surface area contributed by atoms with Crippen LogP contribution < -0.4 is 0 Å². The molecule has 0 saturated carbocycles. The summed E-state index contributed by atoms with van der Waals surface area (Å²) in [6.07, 6.45) is 9.18. The smallest absolute Gasteiger partial charge is 0.375 e. The summed E-state index contributed by atoms with van der Waals surface area (Å²) in [7, 11) is 0. The lowest BCUT2D eigenvalue weighted by Gasteiger charge is -2.17. The van der Waals surface area contributed by atoms with Crippen LogP contribution >= 0.6 is 0 Å². The zero-order valence-corrected chi connectivity index (χ0v) is 18.4. The van der Waals surface area contributed by atoms with Crippen molar-refractivity contribution in [3.8, 4) is 0 Å². The summed E-state index contributed by atoms with van der Waals surface area (Å²) in [5.74, 6) is -2.05. The molecular formula is C23H38O6. The molecule has 0 saturated heterocycles. The van der Waals surface area contributed by atoms with Gasteiger partial charge < -0.3 is 19.7 Å². The predicted octanol–water partition coefficient (Wildman–Crippen LogP) is 5.74. The summed E-state index contributed by atoms with van der Waals surface area (Å²) in [5, 5.41) is 18.0. The molecule has 0 fully saturated rings. The van der Waals surface area contributed by atoms with Gasteiger partial charge in [-0.25, -0.2) is 9.59 Å². The zero-order chi connectivity index (χ0) is 22.0. The maximum atomic E-state index is 11.1. The second-order valence-electron chi connectivity index (χ2n) is 8.85. The lowest BCUT2D eigenvalue weighted by Crippen LogP contribution is -2.14. The third-order valence-corrected chi connectivity index (χ3v) is 5.44. The van der Waals surface area contributed by atoms with Gasteiger partial charge in [0.05, 0.1) is 0 Å². The number of hydrogen-bond acceptors (Lipinski definition) is 4. The van der Waals surface area contributed by atoms with Gasteiger partial charge in [-0.1, -0.05) is 79.2 Å². The van der Waals surface area contributed by atoms with E-state index in [0.717, 1.165) is 24.7 Å². The molecule has 1 heterocycles. The minimum atomic E-state index is -1.45. The molecule has 0 bridgehead atoms. The molecule has 2 N–H and O–H groups in total. The molecule has 0 radical (unpaired) electrons. The quantitative estimate of drug-likeness (QED) is 0.335. The fourth-order valence-corrected chi connectivity index (χ4v) is 3.58. The fourth-order valence-electron chi connectivity index (χ4n) is 3.58. The third kappa shape index (κ3) is 9.37. The largest absolute Gasteiger partial charge is 0.475 e. The van der Waals surface area contributed by atoms with Gasteiger partial charge in [0, 0.05) is 5.57 Å². The van der Waals surface area contributed by atoms with Crippen molar-refractivity contribution in [2.24, 2.45) is 17.8 Å². The van der Waals surface area contributed by atoms with Crippen molar-refractivity contribution < 1.29 is 29.3 Å². The van der Waals surface area contributed by atoms with E-state index in [2.05, 4.69) is 34.3 Å². The Hall–Kier alpha value is -1.98. The van der Waals surface area contributed by atoms with Gasteiger partial charge in [0.1, 0.15) is 0 Å². The van der Waals surface area contributed by atoms with E-state index in [4.69, 9.17) is 19.7 Å². The molecule has 0 amide bonds. The van der Waals surface area contributed by atoms with E-state index >= 15 is 0 Å². The van der Waals surface area contributed by atoms with Crippen LogP contribution in [0.2, 0.25) is 0 Å². The van der Waals surface area contributed by atoms with Gasteiger partial charge in [0.2, 0.25) is 0 Å². The van der Waals surface area contributed by atoms with Crippen molar-refractivity contribution >= 4 is 11.9 Å². The first-order valence-corrected chi connectivity index (χ1v) is 10.8. The van der Waals surface area contributed by atoms with Crippen LogP contribution in [0.1, 0.15) is 85.5 Å². The highest BCUT2D eigenvalue weighted by molar-refractivity contribution is 5.96. The molecule has 0 aromatic rings. The Morgan fingerprint density at radius 2 is 1.24 bits per heavy atom. The Morgan fingerprint density at radius 3 is 1.66 bits per heavy atom. The molecule has 29 heavy (non-hydrogen) atoms. The van der Waals surface area contributed by atoms with Crippen LogP contribution in [0, 0.1) is 17.8 Å². The first kappa shape index (κ1) is 25.1. The van der Waals surface area contributed by atoms with Crippen molar-refractivity contribution in [3.63, 3.8) is 0 Å².